The first-order valence-electron chi connectivity index (χ1n) is 5.40. The molecule has 1 aromatic carbocycles. The van der Waals surface area contributed by atoms with Crippen LogP contribution >= 0.6 is 22.9 Å². The van der Waals surface area contributed by atoms with E-state index in [0.717, 1.165) is 0 Å². The molecule has 7 heteroatoms. The summed E-state index contributed by atoms with van der Waals surface area (Å²) in [5.74, 6) is 0. The van der Waals surface area contributed by atoms with Crippen LogP contribution in [0.15, 0.2) is 34.5 Å². The van der Waals surface area contributed by atoms with E-state index in [1.165, 1.54) is 22.8 Å². The Morgan fingerprint density at radius 2 is 2.16 bits per heavy atom. The molecule has 0 unspecified atom stereocenters. The largest absolute Gasteiger partial charge is 0.391 e. The Morgan fingerprint density at radius 1 is 1.42 bits per heavy atom. The van der Waals surface area contributed by atoms with Crippen LogP contribution in [0.1, 0.15) is 10.4 Å². The molecule has 2 rings (SSSR count). The number of aliphatic hydroxyl groups is 1. The number of halogens is 1. The van der Waals surface area contributed by atoms with Gasteiger partial charge >= 0.3 is 0 Å². The maximum Gasteiger partial charge on any atom is 0.262 e. The van der Waals surface area contributed by atoms with Crippen molar-refractivity contribution in [3.05, 3.63) is 45.1 Å². The lowest BCUT2D eigenvalue weighted by atomic mass is 10.2. The molecule has 0 aliphatic carbocycles. The van der Waals surface area contributed by atoms with Gasteiger partial charge in [0.15, 0.2) is 0 Å². The van der Waals surface area contributed by atoms with Crippen molar-refractivity contribution in [1.82, 2.24) is 0 Å². The minimum absolute atomic E-state index is 0.140. The zero-order chi connectivity index (χ0) is 14.0. The van der Waals surface area contributed by atoms with Crippen LogP contribution < -0.4 is 4.72 Å². The second kappa shape index (κ2) is 5.50. The predicted molar refractivity (Wildman–Crippen MR) is 77.2 cm³/mol. The summed E-state index contributed by atoms with van der Waals surface area (Å²) in [4.78, 5) is 0.740. The number of thiophene rings is 1. The number of anilines is 1. The molecule has 0 radical (unpaired) electrons. The summed E-state index contributed by atoms with van der Waals surface area (Å²) in [5, 5.41) is 11.0. The van der Waals surface area contributed by atoms with E-state index >= 15 is 0 Å². The molecule has 0 saturated carbocycles. The Morgan fingerprint density at radius 3 is 2.79 bits per heavy atom. The highest BCUT2D eigenvalue weighted by molar-refractivity contribution is 7.92. The van der Waals surface area contributed by atoms with Crippen molar-refractivity contribution in [2.75, 3.05) is 4.72 Å². The first-order valence-corrected chi connectivity index (χ1v) is 8.14. The average molecular weight is 318 g/mol. The van der Waals surface area contributed by atoms with Crippen LogP contribution in [0.4, 0.5) is 5.69 Å². The van der Waals surface area contributed by atoms with Gasteiger partial charge in [-0.05, 0) is 30.7 Å². The van der Waals surface area contributed by atoms with Crippen molar-refractivity contribution < 1.29 is 13.5 Å². The fraction of sp³-hybridized carbons (Fsp3) is 0.167. The monoisotopic (exact) mass is 317 g/mol. The van der Waals surface area contributed by atoms with E-state index in [9.17, 15) is 8.42 Å². The molecule has 0 fully saturated rings. The van der Waals surface area contributed by atoms with Gasteiger partial charge in [0, 0.05) is 15.3 Å². The van der Waals surface area contributed by atoms with Crippen molar-refractivity contribution in [3.63, 3.8) is 0 Å². The van der Waals surface area contributed by atoms with E-state index in [1.54, 1.807) is 25.1 Å². The van der Waals surface area contributed by atoms with Crippen LogP contribution in [0.3, 0.4) is 0 Å². The Labute approximate surface area is 120 Å². The zero-order valence-corrected chi connectivity index (χ0v) is 12.4. The number of hydrogen-bond acceptors (Lipinski definition) is 4. The molecular formula is C12H12ClNO3S2. The highest BCUT2D eigenvalue weighted by atomic mass is 35.5. The van der Waals surface area contributed by atoms with Gasteiger partial charge in [0.1, 0.15) is 0 Å². The molecule has 0 atom stereocenters. The molecule has 1 aromatic heterocycles. The summed E-state index contributed by atoms with van der Waals surface area (Å²) in [5.41, 5.74) is 1.12. The molecule has 0 aliphatic rings. The summed E-state index contributed by atoms with van der Waals surface area (Å²) < 4.78 is 26.8. The molecule has 0 bridgehead atoms. The summed E-state index contributed by atoms with van der Waals surface area (Å²) in [6, 6.07) is 6.48. The van der Waals surface area contributed by atoms with Gasteiger partial charge in [-0.1, -0.05) is 17.7 Å². The summed E-state index contributed by atoms with van der Waals surface area (Å²) in [7, 11) is -3.65. The molecule has 0 amide bonds. The standard InChI is InChI=1S/C12H12ClNO3S2/c1-8-11(13)3-2-4-12(8)14-19(16,17)10-5-9(6-15)18-7-10/h2-5,7,14-15H,6H2,1H3. The first-order chi connectivity index (χ1) is 8.94. The van der Waals surface area contributed by atoms with E-state index < -0.39 is 10.0 Å². The van der Waals surface area contributed by atoms with Gasteiger partial charge in [-0.15, -0.1) is 11.3 Å². The molecule has 19 heavy (non-hydrogen) atoms. The lowest BCUT2D eigenvalue weighted by molar-refractivity contribution is 0.285. The van der Waals surface area contributed by atoms with E-state index in [0.29, 0.717) is 21.2 Å². The topological polar surface area (TPSA) is 66.4 Å². The smallest absolute Gasteiger partial charge is 0.262 e. The molecule has 102 valence electrons. The lowest BCUT2D eigenvalue weighted by Gasteiger charge is -2.10. The SMILES string of the molecule is Cc1c(Cl)cccc1NS(=O)(=O)c1csc(CO)c1. The van der Waals surface area contributed by atoms with E-state index in [1.807, 2.05) is 0 Å². The molecular weight excluding hydrogens is 306 g/mol. The third kappa shape index (κ3) is 3.09. The van der Waals surface area contributed by atoms with E-state index in [2.05, 4.69) is 4.72 Å². The zero-order valence-electron chi connectivity index (χ0n) is 10.1. The van der Waals surface area contributed by atoms with Gasteiger partial charge < -0.3 is 5.11 Å². The van der Waals surface area contributed by atoms with Crippen molar-refractivity contribution in [3.8, 4) is 0 Å². The quantitative estimate of drug-likeness (QED) is 0.911. The summed E-state index contributed by atoms with van der Waals surface area (Å²) >= 11 is 7.15. The number of aliphatic hydroxyl groups excluding tert-OH is 1. The van der Waals surface area contributed by atoms with Gasteiger partial charge in [-0.2, -0.15) is 0 Å². The number of rotatable bonds is 4. The first kappa shape index (κ1) is 14.3. The Hall–Kier alpha value is -1.08. The van der Waals surface area contributed by atoms with Crippen LogP contribution in [0, 0.1) is 6.92 Å². The van der Waals surface area contributed by atoms with Gasteiger partial charge in [-0.25, -0.2) is 8.42 Å². The number of sulfonamides is 1. The predicted octanol–water partition coefficient (Wildman–Crippen LogP) is 3.00. The second-order valence-electron chi connectivity index (χ2n) is 3.92. The van der Waals surface area contributed by atoms with Gasteiger partial charge in [-0.3, -0.25) is 4.72 Å². The number of hydrogen-bond donors (Lipinski definition) is 2. The third-order valence-corrected chi connectivity index (χ3v) is 5.43. The fourth-order valence-electron chi connectivity index (χ4n) is 1.51. The fourth-order valence-corrected chi connectivity index (χ4v) is 3.94. The molecule has 2 aromatic rings. The van der Waals surface area contributed by atoms with E-state index in [4.69, 9.17) is 16.7 Å². The molecule has 2 N–H and O–H groups in total. The van der Waals surface area contributed by atoms with Crippen LogP contribution in [0.5, 0.6) is 0 Å². The van der Waals surface area contributed by atoms with Crippen molar-refractivity contribution >= 4 is 38.6 Å². The average Bonchev–Trinajstić information content (AvgIpc) is 2.84. The van der Waals surface area contributed by atoms with Gasteiger partial charge in [0.2, 0.25) is 0 Å². The minimum atomic E-state index is -3.65. The van der Waals surface area contributed by atoms with Crippen LogP contribution in [0.25, 0.3) is 0 Å². The maximum atomic E-state index is 12.2. The Bertz CT molecular complexity index is 695. The Kier molecular flexibility index (Phi) is 4.15. The third-order valence-electron chi connectivity index (χ3n) is 2.61. The van der Waals surface area contributed by atoms with Crippen molar-refractivity contribution in [2.45, 2.75) is 18.4 Å². The highest BCUT2D eigenvalue weighted by Crippen LogP contribution is 2.27. The maximum absolute atomic E-state index is 12.2. The van der Waals surface area contributed by atoms with Gasteiger partial charge in [0.25, 0.3) is 10.0 Å². The van der Waals surface area contributed by atoms with Crippen LogP contribution in [-0.2, 0) is 16.6 Å². The minimum Gasteiger partial charge on any atom is -0.391 e. The van der Waals surface area contributed by atoms with Crippen molar-refractivity contribution in [1.29, 1.82) is 0 Å². The second-order valence-corrected chi connectivity index (χ2v) is 7.01. The van der Waals surface area contributed by atoms with Gasteiger partial charge in [0.05, 0.1) is 17.2 Å². The summed E-state index contributed by atoms with van der Waals surface area (Å²) in [6.45, 7) is 1.57. The molecule has 0 spiro atoms. The molecule has 1 heterocycles. The normalized spacial score (nSPS) is 11.5. The Balaban J connectivity index is 2.33. The molecule has 0 saturated heterocycles. The number of nitrogens with one attached hydrogen (secondary N) is 1. The van der Waals surface area contributed by atoms with Crippen molar-refractivity contribution in [2.24, 2.45) is 0 Å². The van der Waals surface area contributed by atoms with Crippen LogP contribution in [0.2, 0.25) is 5.02 Å². The van der Waals surface area contributed by atoms with E-state index in [-0.39, 0.29) is 11.5 Å². The highest BCUT2D eigenvalue weighted by Gasteiger charge is 2.17. The molecule has 4 nitrogen and oxygen atoms in total. The summed E-state index contributed by atoms with van der Waals surface area (Å²) in [6.07, 6.45) is 0. The lowest BCUT2D eigenvalue weighted by Crippen LogP contribution is -2.13. The number of benzene rings is 1. The molecule has 0 aliphatic heterocycles. The van der Waals surface area contributed by atoms with Crippen LogP contribution in [-0.4, -0.2) is 13.5 Å².